The summed E-state index contributed by atoms with van der Waals surface area (Å²) in [6, 6.07) is 6.26. The van der Waals surface area contributed by atoms with E-state index in [1.165, 1.54) is 25.1 Å². The van der Waals surface area contributed by atoms with Gasteiger partial charge in [-0.3, -0.25) is 9.59 Å². The molecule has 8 nitrogen and oxygen atoms in total. The molecule has 1 aromatic carbocycles. The van der Waals surface area contributed by atoms with Crippen LogP contribution in [0.2, 0.25) is 0 Å². The minimum absolute atomic E-state index is 0.0425. The lowest BCUT2D eigenvalue weighted by atomic mass is 10.2. The van der Waals surface area contributed by atoms with E-state index in [1.807, 2.05) is 0 Å². The lowest BCUT2D eigenvalue weighted by Crippen LogP contribution is -2.39. The third kappa shape index (κ3) is 4.64. The largest absolute Gasteiger partial charge is 0.480 e. The predicted octanol–water partition coefficient (Wildman–Crippen LogP) is 0.793. The van der Waals surface area contributed by atoms with Crippen molar-refractivity contribution in [1.82, 2.24) is 5.32 Å². The molecule has 4 N–H and O–H groups in total. The molecule has 0 aromatic heterocycles. The summed E-state index contributed by atoms with van der Waals surface area (Å²) in [5.74, 6) is -3.19. The van der Waals surface area contributed by atoms with Crippen LogP contribution in [0, 0.1) is 11.3 Å². The predicted molar refractivity (Wildman–Crippen MR) is 76.0 cm³/mol. The Morgan fingerprint density at radius 2 is 2.00 bits per heavy atom. The fraction of sp³-hybridized carbons (Fsp3) is 0.143. The zero-order chi connectivity index (χ0) is 16.7. The van der Waals surface area contributed by atoms with Crippen LogP contribution in [0.5, 0.6) is 0 Å². The molecule has 0 aliphatic heterocycles. The molecule has 0 saturated carbocycles. The Balaban J connectivity index is 2.84. The number of carboxylic acids is 2. The summed E-state index contributed by atoms with van der Waals surface area (Å²) in [6.07, 6.45) is 1.07. The van der Waals surface area contributed by atoms with Crippen LogP contribution in [0.4, 0.5) is 5.69 Å². The number of hydrogen-bond acceptors (Lipinski definition) is 5. The van der Waals surface area contributed by atoms with Gasteiger partial charge in [-0.2, -0.15) is 5.26 Å². The number of amides is 1. The number of benzene rings is 1. The van der Waals surface area contributed by atoms with Gasteiger partial charge in [-0.25, -0.2) is 4.79 Å². The molecule has 1 rings (SSSR count). The van der Waals surface area contributed by atoms with Crippen molar-refractivity contribution in [2.45, 2.75) is 13.0 Å². The van der Waals surface area contributed by atoms with Crippen molar-refractivity contribution in [3.8, 4) is 6.07 Å². The molecule has 1 aromatic rings. The minimum Gasteiger partial charge on any atom is -0.480 e. The first-order chi connectivity index (χ1) is 10.3. The van der Waals surface area contributed by atoms with Crippen LogP contribution in [-0.4, -0.2) is 34.1 Å². The lowest BCUT2D eigenvalue weighted by Gasteiger charge is -2.08. The van der Waals surface area contributed by atoms with E-state index >= 15 is 0 Å². The van der Waals surface area contributed by atoms with E-state index in [-0.39, 0.29) is 11.1 Å². The number of aliphatic carboxylic acids is 1. The number of carbonyl (C=O) groups excluding carboxylic acids is 1. The summed E-state index contributed by atoms with van der Waals surface area (Å²) >= 11 is 0. The monoisotopic (exact) mass is 303 g/mol. The van der Waals surface area contributed by atoms with Crippen LogP contribution >= 0.6 is 0 Å². The van der Waals surface area contributed by atoms with Crippen LogP contribution in [0.3, 0.4) is 0 Å². The molecule has 0 saturated heterocycles. The average molecular weight is 303 g/mol. The molecule has 0 aliphatic rings. The van der Waals surface area contributed by atoms with E-state index < -0.39 is 23.9 Å². The fourth-order valence-electron chi connectivity index (χ4n) is 1.38. The van der Waals surface area contributed by atoms with Gasteiger partial charge in [-0.1, -0.05) is 6.07 Å². The van der Waals surface area contributed by atoms with Crippen molar-refractivity contribution >= 4 is 23.5 Å². The van der Waals surface area contributed by atoms with E-state index in [0.717, 1.165) is 6.20 Å². The molecular weight excluding hydrogens is 290 g/mol. The van der Waals surface area contributed by atoms with Crippen LogP contribution in [0.25, 0.3) is 0 Å². The standard InChI is InChI=1S/C14H13N3O5/c1-8(13(19)20)17-12(18)10(6-15)7-16-11-4-2-3-9(5-11)14(21)22/h2-5,7-8,16H,1H3,(H,17,18)(H,19,20)(H,21,22)/b10-7-. The van der Waals surface area contributed by atoms with Gasteiger partial charge in [0.05, 0.1) is 5.56 Å². The topological polar surface area (TPSA) is 140 Å². The molecule has 0 bridgehead atoms. The van der Waals surface area contributed by atoms with Gasteiger partial charge in [0.15, 0.2) is 0 Å². The Labute approximate surface area is 125 Å². The van der Waals surface area contributed by atoms with Crippen molar-refractivity contribution in [1.29, 1.82) is 5.26 Å². The maximum atomic E-state index is 11.7. The van der Waals surface area contributed by atoms with Gasteiger partial charge in [0.2, 0.25) is 0 Å². The highest BCUT2D eigenvalue weighted by atomic mass is 16.4. The molecule has 8 heteroatoms. The van der Waals surface area contributed by atoms with Gasteiger partial charge < -0.3 is 20.8 Å². The van der Waals surface area contributed by atoms with Crippen LogP contribution in [-0.2, 0) is 9.59 Å². The molecule has 0 radical (unpaired) electrons. The molecule has 0 aliphatic carbocycles. The highest BCUT2D eigenvalue weighted by molar-refractivity contribution is 5.99. The van der Waals surface area contributed by atoms with E-state index in [4.69, 9.17) is 15.5 Å². The summed E-state index contributed by atoms with van der Waals surface area (Å²) in [5, 5.41) is 31.2. The van der Waals surface area contributed by atoms with Crippen molar-refractivity contribution in [3.05, 3.63) is 41.6 Å². The molecule has 114 valence electrons. The van der Waals surface area contributed by atoms with E-state index in [9.17, 15) is 14.4 Å². The average Bonchev–Trinajstić information content (AvgIpc) is 2.47. The van der Waals surface area contributed by atoms with Crippen molar-refractivity contribution < 1.29 is 24.6 Å². The molecular formula is C14H13N3O5. The first-order valence-electron chi connectivity index (χ1n) is 6.09. The summed E-state index contributed by atoms with van der Waals surface area (Å²) in [6.45, 7) is 1.26. The molecule has 1 unspecified atom stereocenters. The van der Waals surface area contributed by atoms with Gasteiger partial charge in [0.1, 0.15) is 17.7 Å². The number of anilines is 1. The molecule has 22 heavy (non-hydrogen) atoms. The Morgan fingerprint density at radius 3 is 2.55 bits per heavy atom. The Kier molecular flexibility index (Phi) is 5.66. The van der Waals surface area contributed by atoms with Gasteiger partial charge in [0.25, 0.3) is 5.91 Å². The van der Waals surface area contributed by atoms with Crippen LogP contribution < -0.4 is 10.6 Å². The number of nitrogens with one attached hydrogen (secondary N) is 2. The van der Waals surface area contributed by atoms with E-state index in [2.05, 4.69) is 10.6 Å². The summed E-state index contributed by atoms with van der Waals surface area (Å²) in [4.78, 5) is 33.1. The third-order valence-corrected chi connectivity index (χ3v) is 2.58. The van der Waals surface area contributed by atoms with E-state index in [0.29, 0.717) is 5.69 Å². The maximum Gasteiger partial charge on any atom is 0.335 e. The van der Waals surface area contributed by atoms with Gasteiger partial charge >= 0.3 is 11.9 Å². The van der Waals surface area contributed by atoms with Crippen LogP contribution in [0.1, 0.15) is 17.3 Å². The molecule has 0 spiro atoms. The molecule has 1 amide bonds. The third-order valence-electron chi connectivity index (χ3n) is 2.58. The van der Waals surface area contributed by atoms with Crippen molar-refractivity contribution in [3.63, 3.8) is 0 Å². The number of aromatic carboxylic acids is 1. The number of hydrogen-bond donors (Lipinski definition) is 4. The summed E-state index contributed by atoms with van der Waals surface area (Å²) in [5.41, 5.74) is 0.0708. The lowest BCUT2D eigenvalue weighted by molar-refractivity contribution is -0.140. The van der Waals surface area contributed by atoms with Gasteiger partial charge in [-0.05, 0) is 25.1 Å². The van der Waals surface area contributed by atoms with Crippen LogP contribution in [0.15, 0.2) is 36.0 Å². The fourth-order valence-corrected chi connectivity index (χ4v) is 1.38. The maximum absolute atomic E-state index is 11.7. The van der Waals surface area contributed by atoms with Crippen molar-refractivity contribution in [2.75, 3.05) is 5.32 Å². The Bertz CT molecular complexity index is 675. The van der Waals surface area contributed by atoms with Gasteiger partial charge in [-0.15, -0.1) is 0 Å². The number of nitriles is 1. The van der Waals surface area contributed by atoms with E-state index in [1.54, 1.807) is 12.1 Å². The Morgan fingerprint density at radius 1 is 1.32 bits per heavy atom. The Hall–Kier alpha value is -3.34. The molecule has 0 fully saturated rings. The zero-order valence-electron chi connectivity index (χ0n) is 11.5. The normalized spacial score (nSPS) is 11.9. The highest BCUT2D eigenvalue weighted by Crippen LogP contribution is 2.11. The smallest absolute Gasteiger partial charge is 0.335 e. The molecule has 1 atom stereocenters. The second kappa shape index (κ2) is 7.44. The highest BCUT2D eigenvalue weighted by Gasteiger charge is 2.16. The second-order valence-electron chi connectivity index (χ2n) is 4.23. The first kappa shape index (κ1) is 16.7. The summed E-state index contributed by atoms with van der Waals surface area (Å²) in [7, 11) is 0. The zero-order valence-corrected chi connectivity index (χ0v) is 11.5. The quantitative estimate of drug-likeness (QED) is 0.450. The minimum atomic E-state index is -1.23. The number of carboxylic acid groups (broad SMARTS) is 2. The number of rotatable bonds is 6. The van der Waals surface area contributed by atoms with Gasteiger partial charge in [0, 0.05) is 11.9 Å². The number of nitrogens with zero attached hydrogens (tertiary/aromatic N) is 1. The number of carbonyl (C=O) groups is 3. The summed E-state index contributed by atoms with van der Waals surface area (Å²) < 4.78 is 0. The first-order valence-corrected chi connectivity index (χ1v) is 6.09. The SMILES string of the molecule is CC(NC(=O)/C(C#N)=C\Nc1cccc(C(=O)O)c1)C(=O)O. The molecule has 0 heterocycles. The second-order valence-corrected chi connectivity index (χ2v) is 4.23. The van der Waals surface area contributed by atoms with Crippen molar-refractivity contribution in [2.24, 2.45) is 0 Å².